The van der Waals surface area contributed by atoms with Crippen molar-refractivity contribution in [3.05, 3.63) is 41.2 Å². The summed E-state index contributed by atoms with van der Waals surface area (Å²) in [4.78, 5) is 27.5. The lowest BCUT2D eigenvalue weighted by molar-refractivity contribution is -0.113. The predicted molar refractivity (Wildman–Crippen MR) is 63.9 cm³/mol. The molecule has 0 bridgehead atoms. The Bertz CT molecular complexity index is 578. The summed E-state index contributed by atoms with van der Waals surface area (Å²) in [6.07, 6.45) is 0. The number of para-hydroxylation sites is 1. The second kappa shape index (κ2) is 3.97. The van der Waals surface area contributed by atoms with Crippen molar-refractivity contribution in [2.24, 2.45) is 4.99 Å². The smallest absolute Gasteiger partial charge is 0.214 e. The summed E-state index contributed by atoms with van der Waals surface area (Å²) < 4.78 is 0. The molecule has 86 valence electrons. The highest BCUT2D eigenvalue weighted by molar-refractivity contribution is 6.59. The number of aliphatic hydroxyl groups excluding tert-OH is 1. The van der Waals surface area contributed by atoms with E-state index < -0.39 is 0 Å². The average molecular weight is 229 g/mol. The van der Waals surface area contributed by atoms with Crippen molar-refractivity contribution in [1.82, 2.24) is 0 Å². The lowest BCUT2D eigenvalue weighted by atomic mass is 9.99. The lowest BCUT2D eigenvalue weighted by Crippen LogP contribution is -2.19. The van der Waals surface area contributed by atoms with E-state index in [4.69, 9.17) is 0 Å². The number of nitrogens with zero attached hydrogens (tertiary/aromatic N) is 1. The van der Waals surface area contributed by atoms with E-state index in [-0.39, 0.29) is 28.6 Å². The number of rotatable bonds is 2. The molecule has 17 heavy (non-hydrogen) atoms. The highest BCUT2D eigenvalue weighted by Crippen LogP contribution is 2.29. The van der Waals surface area contributed by atoms with E-state index in [1.54, 1.807) is 24.3 Å². The highest BCUT2D eigenvalue weighted by Gasteiger charge is 2.30. The Balaban J connectivity index is 2.56. The number of hydrogen-bond donors (Lipinski definition) is 1. The molecule has 0 atom stereocenters. The summed E-state index contributed by atoms with van der Waals surface area (Å²) in [5.41, 5.74) is 1.01. The third-order valence-electron chi connectivity index (χ3n) is 2.55. The zero-order chi connectivity index (χ0) is 12.6. The van der Waals surface area contributed by atoms with Crippen LogP contribution in [0.15, 0.2) is 40.6 Å². The summed E-state index contributed by atoms with van der Waals surface area (Å²) in [7, 11) is 0. The number of carbonyl (C=O) groups is 2. The molecule has 4 heteroatoms. The Morgan fingerprint density at radius 2 is 1.88 bits per heavy atom. The zero-order valence-electron chi connectivity index (χ0n) is 9.52. The molecule has 0 radical (unpaired) electrons. The Kier molecular flexibility index (Phi) is 2.63. The number of hydrogen-bond acceptors (Lipinski definition) is 4. The van der Waals surface area contributed by atoms with E-state index >= 15 is 0 Å². The molecule has 0 saturated heterocycles. The van der Waals surface area contributed by atoms with Gasteiger partial charge in [-0.1, -0.05) is 12.1 Å². The van der Waals surface area contributed by atoms with Crippen molar-refractivity contribution in [3.63, 3.8) is 0 Å². The van der Waals surface area contributed by atoms with Gasteiger partial charge in [-0.25, -0.2) is 4.99 Å². The van der Waals surface area contributed by atoms with Gasteiger partial charge < -0.3 is 5.11 Å². The van der Waals surface area contributed by atoms with Gasteiger partial charge in [-0.2, -0.15) is 0 Å². The van der Waals surface area contributed by atoms with Gasteiger partial charge in [0, 0.05) is 5.56 Å². The van der Waals surface area contributed by atoms with Gasteiger partial charge in [0.2, 0.25) is 5.78 Å². The summed E-state index contributed by atoms with van der Waals surface area (Å²) in [5.74, 6) is -0.874. The maximum absolute atomic E-state index is 12.0. The van der Waals surface area contributed by atoms with Crippen LogP contribution in [0, 0.1) is 0 Å². The molecule has 1 aromatic carbocycles. The van der Waals surface area contributed by atoms with E-state index in [0.29, 0.717) is 11.3 Å². The SMILES string of the molecule is CC(=O)/C(C1=Nc2ccccc2C1=O)=C(\C)O. The predicted octanol–water partition coefficient (Wildman–Crippen LogP) is 2.38. The van der Waals surface area contributed by atoms with E-state index in [1.165, 1.54) is 13.8 Å². The van der Waals surface area contributed by atoms with Gasteiger partial charge >= 0.3 is 0 Å². The quantitative estimate of drug-likeness (QED) is 0.625. The van der Waals surface area contributed by atoms with Crippen LogP contribution in [0.1, 0.15) is 24.2 Å². The van der Waals surface area contributed by atoms with Gasteiger partial charge in [0.25, 0.3) is 0 Å². The average Bonchev–Trinajstić information content (AvgIpc) is 2.56. The van der Waals surface area contributed by atoms with Crippen LogP contribution in [0.25, 0.3) is 0 Å². The molecule has 1 aliphatic heterocycles. The molecule has 0 amide bonds. The molecule has 1 N–H and O–H groups in total. The van der Waals surface area contributed by atoms with Crippen molar-refractivity contribution in [2.75, 3.05) is 0 Å². The van der Waals surface area contributed by atoms with Crippen molar-refractivity contribution in [2.45, 2.75) is 13.8 Å². The fourth-order valence-corrected chi connectivity index (χ4v) is 1.82. The minimum absolute atomic E-state index is 0.00815. The molecule has 0 fully saturated rings. The van der Waals surface area contributed by atoms with Crippen LogP contribution < -0.4 is 0 Å². The van der Waals surface area contributed by atoms with Crippen LogP contribution in [0.2, 0.25) is 0 Å². The molecule has 4 nitrogen and oxygen atoms in total. The number of aliphatic imine (C=N–C) groups is 1. The fraction of sp³-hybridized carbons (Fsp3) is 0.154. The minimum Gasteiger partial charge on any atom is -0.512 e. The topological polar surface area (TPSA) is 66.7 Å². The number of ketones is 2. The fourth-order valence-electron chi connectivity index (χ4n) is 1.82. The third kappa shape index (κ3) is 1.78. The first-order valence-corrected chi connectivity index (χ1v) is 5.16. The number of fused-ring (bicyclic) bond motifs is 1. The van der Waals surface area contributed by atoms with Gasteiger partial charge in [-0.3, -0.25) is 9.59 Å². The van der Waals surface area contributed by atoms with Gasteiger partial charge in [0.05, 0.1) is 11.3 Å². The molecule has 1 heterocycles. The van der Waals surface area contributed by atoms with Crippen molar-refractivity contribution in [1.29, 1.82) is 0 Å². The molecule has 1 aliphatic rings. The number of aliphatic hydroxyl groups is 1. The Morgan fingerprint density at radius 3 is 2.41 bits per heavy atom. The zero-order valence-corrected chi connectivity index (χ0v) is 9.52. The molecule has 0 aromatic heterocycles. The van der Waals surface area contributed by atoms with Crippen LogP contribution in [-0.2, 0) is 4.79 Å². The van der Waals surface area contributed by atoms with Crippen molar-refractivity contribution >= 4 is 23.0 Å². The molecule has 2 rings (SSSR count). The molecular weight excluding hydrogens is 218 g/mol. The molecule has 0 saturated carbocycles. The summed E-state index contributed by atoms with van der Waals surface area (Å²) in [6.45, 7) is 2.67. The first kappa shape index (κ1) is 11.3. The number of Topliss-reactive ketones (excluding diaryl/α,β-unsaturated/α-hetero) is 2. The third-order valence-corrected chi connectivity index (χ3v) is 2.55. The van der Waals surface area contributed by atoms with Crippen LogP contribution >= 0.6 is 0 Å². The summed E-state index contributed by atoms with van der Waals surface area (Å²) >= 11 is 0. The number of allylic oxidation sites excluding steroid dienone is 2. The Morgan fingerprint density at radius 1 is 1.24 bits per heavy atom. The highest BCUT2D eigenvalue weighted by atomic mass is 16.3. The molecule has 0 spiro atoms. The number of carbonyl (C=O) groups excluding carboxylic acids is 2. The first-order valence-electron chi connectivity index (χ1n) is 5.16. The monoisotopic (exact) mass is 229 g/mol. The van der Waals surface area contributed by atoms with E-state index in [9.17, 15) is 14.7 Å². The van der Waals surface area contributed by atoms with Gasteiger partial charge in [0.15, 0.2) is 5.78 Å². The van der Waals surface area contributed by atoms with Crippen LogP contribution in [0.3, 0.4) is 0 Å². The van der Waals surface area contributed by atoms with Crippen molar-refractivity contribution in [3.8, 4) is 0 Å². The standard InChI is InChI=1S/C13H11NO3/c1-7(15)11(8(2)16)12-13(17)9-5-3-4-6-10(9)14-12/h3-6,15H,1-2H3/b11-7-. The van der Waals surface area contributed by atoms with Crippen LogP contribution in [0.5, 0.6) is 0 Å². The largest absolute Gasteiger partial charge is 0.512 e. The van der Waals surface area contributed by atoms with E-state index in [2.05, 4.69) is 4.99 Å². The maximum Gasteiger partial charge on any atom is 0.214 e. The van der Waals surface area contributed by atoms with Gasteiger partial charge in [-0.15, -0.1) is 0 Å². The second-order valence-corrected chi connectivity index (χ2v) is 3.82. The van der Waals surface area contributed by atoms with Crippen molar-refractivity contribution < 1.29 is 14.7 Å². The van der Waals surface area contributed by atoms with Crippen LogP contribution in [-0.4, -0.2) is 22.4 Å². The van der Waals surface area contributed by atoms with Crippen LogP contribution in [0.4, 0.5) is 5.69 Å². The maximum atomic E-state index is 12.0. The minimum atomic E-state index is -0.370. The van der Waals surface area contributed by atoms with E-state index in [1.807, 2.05) is 0 Å². The lowest BCUT2D eigenvalue weighted by Gasteiger charge is -2.02. The van der Waals surface area contributed by atoms with Gasteiger partial charge in [0.1, 0.15) is 11.5 Å². The molecule has 0 unspecified atom stereocenters. The molecule has 1 aromatic rings. The Labute approximate surface area is 98.3 Å². The summed E-state index contributed by atoms with van der Waals surface area (Å²) in [6, 6.07) is 6.85. The molecule has 0 aliphatic carbocycles. The normalized spacial score (nSPS) is 15.2. The second-order valence-electron chi connectivity index (χ2n) is 3.82. The first-order chi connectivity index (χ1) is 8.02. The Hall–Kier alpha value is -2.23. The number of benzene rings is 1. The van der Waals surface area contributed by atoms with E-state index in [0.717, 1.165) is 0 Å². The van der Waals surface area contributed by atoms with Gasteiger partial charge in [-0.05, 0) is 26.0 Å². The summed E-state index contributed by atoms with van der Waals surface area (Å²) in [5, 5.41) is 9.47. The molecular formula is C13H11NO3.